The SMILES string of the molecule is O=C1C[NH+](CC(=O)NCc2cccc(Cl)c2)CCN1. The Bertz CT molecular complexity index is 479. The van der Waals surface area contributed by atoms with Gasteiger partial charge in [-0.25, -0.2) is 0 Å². The molecule has 2 rings (SSSR count). The maximum Gasteiger partial charge on any atom is 0.275 e. The van der Waals surface area contributed by atoms with E-state index < -0.39 is 0 Å². The van der Waals surface area contributed by atoms with Crippen molar-refractivity contribution in [3.05, 3.63) is 34.9 Å². The van der Waals surface area contributed by atoms with Crippen LogP contribution in [0.5, 0.6) is 0 Å². The fourth-order valence-electron chi connectivity index (χ4n) is 2.04. The molecule has 5 nitrogen and oxygen atoms in total. The standard InChI is InChI=1S/C13H16ClN3O2/c14-11-3-1-2-10(6-11)7-16-13(19)9-17-5-4-15-12(18)8-17/h1-3,6H,4-5,7-9H2,(H,15,18)(H,16,19)/p+1. The van der Waals surface area contributed by atoms with E-state index in [1.807, 2.05) is 18.2 Å². The summed E-state index contributed by atoms with van der Waals surface area (Å²) in [6, 6.07) is 7.38. The molecule has 0 aliphatic carbocycles. The molecule has 0 aromatic heterocycles. The van der Waals surface area contributed by atoms with Gasteiger partial charge in [0.25, 0.3) is 11.8 Å². The smallest absolute Gasteiger partial charge is 0.275 e. The van der Waals surface area contributed by atoms with Crippen molar-refractivity contribution < 1.29 is 14.5 Å². The number of carbonyl (C=O) groups is 2. The van der Waals surface area contributed by atoms with Gasteiger partial charge in [-0.2, -0.15) is 0 Å². The first kappa shape index (κ1) is 13.8. The first-order chi connectivity index (χ1) is 9.13. The van der Waals surface area contributed by atoms with Crippen LogP contribution in [0.3, 0.4) is 0 Å². The van der Waals surface area contributed by atoms with Gasteiger partial charge < -0.3 is 15.5 Å². The normalized spacial score (nSPS) is 18.8. The van der Waals surface area contributed by atoms with E-state index in [-0.39, 0.29) is 11.8 Å². The zero-order chi connectivity index (χ0) is 13.7. The molecule has 1 atom stereocenters. The topological polar surface area (TPSA) is 62.6 Å². The van der Waals surface area contributed by atoms with Crippen LogP contribution in [0.15, 0.2) is 24.3 Å². The molecule has 1 aliphatic rings. The van der Waals surface area contributed by atoms with E-state index in [0.29, 0.717) is 31.2 Å². The first-order valence-electron chi connectivity index (χ1n) is 6.25. The Morgan fingerprint density at radius 1 is 1.47 bits per heavy atom. The van der Waals surface area contributed by atoms with Crippen LogP contribution in [0.1, 0.15) is 5.56 Å². The quantitative estimate of drug-likeness (QED) is 0.661. The minimum atomic E-state index is -0.0512. The average Bonchev–Trinajstić information content (AvgIpc) is 2.36. The summed E-state index contributed by atoms with van der Waals surface area (Å²) < 4.78 is 0. The second kappa shape index (κ2) is 6.54. The molecule has 1 aromatic carbocycles. The van der Waals surface area contributed by atoms with Gasteiger partial charge in [0.2, 0.25) is 0 Å². The van der Waals surface area contributed by atoms with E-state index in [1.54, 1.807) is 6.07 Å². The summed E-state index contributed by atoms with van der Waals surface area (Å²) in [5, 5.41) is 6.24. The summed E-state index contributed by atoms with van der Waals surface area (Å²) in [7, 11) is 0. The number of piperazine rings is 1. The lowest BCUT2D eigenvalue weighted by atomic mass is 10.2. The van der Waals surface area contributed by atoms with Crippen LogP contribution in [0, 0.1) is 0 Å². The number of hydrogen-bond acceptors (Lipinski definition) is 2. The highest BCUT2D eigenvalue weighted by atomic mass is 35.5. The third-order valence-electron chi connectivity index (χ3n) is 3.00. The number of halogens is 1. The highest BCUT2D eigenvalue weighted by Gasteiger charge is 2.21. The van der Waals surface area contributed by atoms with Crippen molar-refractivity contribution in [2.75, 3.05) is 26.2 Å². The Balaban J connectivity index is 1.77. The van der Waals surface area contributed by atoms with Crippen LogP contribution in [-0.4, -0.2) is 38.0 Å². The zero-order valence-corrected chi connectivity index (χ0v) is 11.3. The highest BCUT2D eigenvalue weighted by molar-refractivity contribution is 6.30. The number of amides is 2. The molecule has 0 radical (unpaired) electrons. The monoisotopic (exact) mass is 282 g/mol. The minimum absolute atomic E-state index is 0.00360. The van der Waals surface area contributed by atoms with Gasteiger partial charge in [-0.15, -0.1) is 0 Å². The van der Waals surface area contributed by atoms with Crippen LogP contribution >= 0.6 is 11.6 Å². The van der Waals surface area contributed by atoms with E-state index in [1.165, 1.54) is 0 Å². The van der Waals surface area contributed by atoms with Crippen molar-refractivity contribution >= 4 is 23.4 Å². The van der Waals surface area contributed by atoms with Crippen LogP contribution in [-0.2, 0) is 16.1 Å². The van der Waals surface area contributed by atoms with Gasteiger partial charge >= 0.3 is 0 Å². The summed E-state index contributed by atoms with van der Waals surface area (Å²) in [5.74, 6) is -0.0476. The number of carbonyl (C=O) groups excluding carboxylic acids is 2. The predicted octanol–water partition coefficient (Wildman–Crippen LogP) is -1.03. The van der Waals surface area contributed by atoms with Crippen molar-refractivity contribution in [1.29, 1.82) is 0 Å². The van der Waals surface area contributed by atoms with E-state index in [0.717, 1.165) is 17.0 Å². The van der Waals surface area contributed by atoms with Gasteiger partial charge in [-0.05, 0) is 17.7 Å². The molecule has 6 heteroatoms. The molecule has 102 valence electrons. The number of rotatable bonds is 4. The van der Waals surface area contributed by atoms with Gasteiger partial charge in [0.1, 0.15) is 0 Å². The highest BCUT2D eigenvalue weighted by Crippen LogP contribution is 2.09. The summed E-state index contributed by atoms with van der Waals surface area (Å²) in [6.45, 7) is 2.57. The number of benzene rings is 1. The maximum absolute atomic E-state index is 11.8. The molecule has 1 aromatic rings. The van der Waals surface area contributed by atoms with Crippen LogP contribution in [0.25, 0.3) is 0 Å². The van der Waals surface area contributed by atoms with Crippen molar-refractivity contribution in [3.8, 4) is 0 Å². The molecule has 1 aliphatic heterocycles. The number of nitrogens with one attached hydrogen (secondary N) is 3. The lowest BCUT2D eigenvalue weighted by Gasteiger charge is -2.22. The van der Waals surface area contributed by atoms with Crippen molar-refractivity contribution in [2.45, 2.75) is 6.54 Å². The summed E-state index contributed by atoms with van der Waals surface area (Å²) >= 11 is 5.87. The van der Waals surface area contributed by atoms with E-state index in [4.69, 9.17) is 11.6 Å². The molecule has 1 heterocycles. The number of quaternary nitrogens is 1. The Morgan fingerprint density at radius 2 is 2.32 bits per heavy atom. The van der Waals surface area contributed by atoms with Crippen molar-refractivity contribution in [1.82, 2.24) is 10.6 Å². The Labute approximate surface area is 116 Å². The molecular formula is C13H17ClN3O2+. The third-order valence-corrected chi connectivity index (χ3v) is 3.24. The Hall–Kier alpha value is -1.59. The zero-order valence-electron chi connectivity index (χ0n) is 10.5. The molecule has 1 saturated heterocycles. The van der Waals surface area contributed by atoms with E-state index >= 15 is 0 Å². The van der Waals surface area contributed by atoms with Crippen molar-refractivity contribution in [2.24, 2.45) is 0 Å². The van der Waals surface area contributed by atoms with E-state index in [9.17, 15) is 9.59 Å². The largest absolute Gasteiger partial charge is 0.347 e. The molecule has 1 fully saturated rings. The predicted molar refractivity (Wildman–Crippen MR) is 71.9 cm³/mol. The molecule has 0 spiro atoms. The summed E-state index contributed by atoms with van der Waals surface area (Å²) in [5.41, 5.74) is 0.965. The van der Waals surface area contributed by atoms with Gasteiger partial charge in [-0.3, -0.25) is 9.59 Å². The lowest BCUT2D eigenvalue weighted by molar-refractivity contribution is -0.885. The van der Waals surface area contributed by atoms with Gasteiger partial charge in [0, 0.05) is 11.6 Å². The molecule has 2 amide bonds. The van der Waals surface area contributed by atoms with Gasteiger partial charge in [-0.1, -0.05) is 23.7 Å². The minimum Gasteiger partial charge on any atom is -0.347 e. The second-order valence-electron chi connectivity index (χ2n) is 4.61. The fourth-order valence-corrected chi connectivity index (χ4v) is 2.26. The molecule has 3 N–H and O–H groups in total. The molecule has 1 unspecified atom stereocenters. The average molecular weight is 283 g/mol. The van der Waals surface area contributed by atoms with Gasteiger partial charge in [0.05, 0.1) is 13.1 Å². The lowest BCUT2D eigenvalue weighted by Crippen LogP contribution is -3.16. The van der Waals surface area contributed by atoms with E-state index in [2.05, 4.69) is 10.6 Å². The fraction of sp³-hybridized carbons (Fsp3) is 0.385. The molecule has 19 heavy (non-hydrogen) atoms. The third kappa shape index (κ3) is 4.54. The van der Waals surface area contributed by atoms with Crippen molar-refractivity contribution in [3.63, 3.8) is 0 Å². The first-order valence-corrected chi connectivity index (χ1v) is 6.62. The summed E-state index contributed by atoms with van der Waals surface area (Å²) in [4.78, 5) is 24.0. The molecular weight excluding hydrogens is 266 g/mol. The molecule has 0 bridgehead atoms. The van der Waals surface area contributed by atoms with Crippen LogP contribution < -0.4 is 15.5 Å². The Kier molecular flexibility index (Phi) is 4.76. The number of hydrogen-bond donors (Lipinski definition) is 3. The maximum atomic E-state index is 11.8. The van der Waals surface area contributed by atoms with Gasteiger partial charge in [0.15, 0.2) is 13.1 Å². The van der Waals surface area contributed by atoms with Crippen LogP contribution in [0.4, 0.5) is 0 Å². The van der Waals surface area contributed by atoms with Crippen LogP contribution in [0.2, 0.25) is 5.02 Å². The Morgan fingerprint density at radius 3 is 3.05 bits per heavy atom. The summed E-state index contributed by atoms with van der Waals surface area (Å²) in [6.07, 6.45) is 0. The molecule has 0 saturated carbocycles. The second-order valence-corrected chi connectivity index (χ2v) is 5.05.